The minimum Gasteiger partial charge on any atom is -0.495 e. The second kappa shape index (κ2) is 8.31. The lowest BCUT2D eigenvalue weighted by Gasteiger charge is -2.11. The number of amides is 1. The molecule has 0 radical (unpaired) electrons. The first-order valence-corrected chi connectivity index (χ1v) is 8.27. The maximum absolute atomic E-state index is 12.2. The van der Waals surface area contributed by atoms with Crippen LogP contribution in [0.3, 0.4) is 0 Å². The van der Waals surface area contributed by atoms with Gasteiger partial charge in [0.2, 0.25) is 0 Å². The highest BCUT2D eigenvalue weighted by atomic mass is 35.5. The Morgan fingerprint density at radius 2 is 1.96 bits per heavy atom. The number of nitrogens with one attached hydrogen (secondary N) is 2. The van der Waals surface area contributed by atoms with Crippen LogP contribution in [0, 0.1) is 0 Å². The summed E-state index contributed by atoms with van der Waals surface area (Å²) in [5.41, 5.74) is 2.75. The topological polar surface area (TPSA) is 76.1 Å². The maximum Gasteiger partial charge on any atom is 0.270 e. The number of pyridine rings is 2. The van der Waals surface area contributed by atoms with Crippen molar-refractivity contribution in [2.45, 2.75) is 6.54 Å². The van der Waals surface area contributed by atoms with Gasteiger partial charge in [-0.2, -0.15) is 0 Å². The Morgan fingerprint density at radius 3 is 2.65 bits per heavy atom. The van der Waals surface area contributed by atoms with Crippen molar-refractivity contribution in [2.75, 3.05) is 12.4 Å². The number of nitrogens with zero attached hydrogens (tertiary/aromatic N) is 2. The number of carbonyl (C=O) groups is 1. The molecule has 26 heavy (non-hydrogen) atoms. The number of hydrogen-bond acceptors (Lipinski definition) is 5. The molecule has 0 saturated heterocycles. The van der Waals surface area contributed by atoms with Crippen LogP contribution >= 0.6 is 11.6 Å². The zero-order chi connectivity index (χ0) is 18.4. The molecule has 0 unspecified atom stereocenters. The molecule has 0 spiro atoms. The lowest BCUT2D eigenvalue weighted by Crippen LogP contribution is -2.23. The van der Waals surface area contributed by atoms with Crippen LogP contribution in [0.1, 0.15) is 16.1 Å². The summed E-state index contributed by atoms with van der Waals surface area (Å²) in [4.78, 5) is 20.3. The van der Waals surface area contributed by atoms with Crippen LogP contribution in [0.25, 0.3) is 0 Å². The van der Waals surface area contributed by atoms with E-state index >= 15 is 0 Å². The van der Waals surface area contributed by atoms with Gasteiger partial charge in [-0.3, -0.25) is 9.78 Å². The molecule has 6 nitrogen and oxygen atoms in total. The highest BCUT2D eigenvalue weighted by Crippen LogP contribution is 2.30. The fourth-order valence-corrected chi connectivity index (χ4v) is 2.48. The summed E-state index contributed by atoms with van der Waals surface area (Å²) in [5, 5.41) is 6.59. The Bertz CT molecular complexity index is 886. The van der Waals surface area contributed by atoms with E-state index in [-0.39, 0.29) is 5.91 Å². The lowest BCUT2D eigenvalue weighted by molar-refractivity contribution is 0.0946. The molecule has 0 aliphatic rings. The van der Waals surface area contributed by atoms with Crippen LogP contribution in [-0.2, 0) is 6.54 Å². The Labute approximate surface area is 156 Å². The molecule has 7 heteroatoms. The van der Waals surface area contributed by atoms with Crippen molar-refractivity contribution in [1.29, 1.82) is 0 Å². The van der Waals surface area contributed by atoms with Gasteiger partial charge in [0, 0.05) is 24.0 Å². The second-order valence-corrected chi connectivity index (χ2v) is 5.88. The van der Waals surface area contributed by atoms with E-state index in [4.69, 9.17) is 16.3 Å². The number of ether oxygens (including phenoxy) is 1. The molecular weight excluding hydrogens is 352 g/mol. The average Bonchev–Trinajstić information content (AvgIpc) is 2.68. The molecule has 2 N–H and O–H groups in total. The van der Waals surface area contributed by atoms with Crippen LogP contribution in [0.2, 0.25) is 5.02 Å². The molecule has 132 valence electrons. The summed E-state index contributed by atoms with van der Waals surface area (Å²) >= 11 is 6.02. The fourth-order valence-electron chi connectivity index (χ4n) is 2.31. The Morgan fingerprint density at radius 1 is 1.15 bits per heavy atom. The third-order valence-corrected chi connectivity index (χ3v) is 3.87. The second-order valence-electron chi connectivity index (χ2n) is 5.44. The summed E-state index contributed by atoms with van der Waals surface area (Å²) in [5.74, 6) is 0.419. The van der Waals surface area contributed by atoms with Crippen molar-refractivity contribution in [3.63, 3.8) is 0 Å². The number of hydrogen-bond donors (Lipinski definition) is 2. The molecule has 0 aliphatic carbocycles. The Kier molecular flexibility index (Phi) is 5.66. The zero-order valence-corrected chi connectivity index (χ0v) is 14.8. The van der Waals surface area contributed by atoms with E-state index in [0.29, 0.717) is 23.0 Å². The van der Waals surface area contributed by atoms with Crippen LogP contribution in [0.4, 0.5) is 11.4 Å². The first kappa shape index (κ1) is 17.7. The zero-order valence-electron chi connectivity index (χ0n) is 14.1. The molecule has 2 heterocycles. The van der Waals surface area contributed by atoms with E-state index in [1.807, 2.05) is 12.1 Å². The monoisotopic (exact) mass is 368 g/mol. The Hall–Kier alpha value is -3.12. The number of carbonyl (C=O) groups excluding carboxylic acids is 1. The summed E-state index contributed by atoms with van der Waals surface area (Å²) in [7, 11) is 1.59. The van der Waals surface area contributed by atoms with Crippen molar-refractivity contribution >= 4 is 28.9 Å². The molecule has 0 bridgehead atoms. The minimum absolute atomic E-state index is 0.242. The minimum atomic E-state index is -0.242. The predicted octanol–water partition coefficient (Wildman–Crippen LogP) is 3.81. The third-order valence-electron chi connectivity index (χ3n) is 3.64. The molecule has 2 aromatic heterocycles. The number of anilines is 2. The quantitative estimate of drug-likeness (QED) is 0.691. The van der Waals surface area contributed by atoms with Gasteiger partial charge < -0.3 is 15.4 Å². The average molecular weight is 369 g/mol. The summed E-state index contributed by atoms with van der Waals surface area (Å²) in [6.07, 6.45) is 4.95. The van der Waals surface area contributed by atoms with E-state index in [1.165, 1.54) is 0 Å². The Balaban J connectivity index is 1.65. The van der Waals surface area contributed by atoms with Gasteiger partial charge in [-0.1, -0.05) is 11.6 Å². The van der Waals surface area contributed by atoms with E-state index in [2.05, 4.69) is 20.6 Å². The van der Waals surface area contributed by atoms with Crippen molar-refractivity contribution in [3.8, 4) is 5.75 Å². The molecule has 1 amide bonds. The summed E-state index contributed by atoms with van der Waals surface area (Å²) in [6, 6.07) is 12.4. The molecule has 1 aromatic carbocycles. The summed E-state index contributed by atoms with van der Waals surface area (Å²) in [6.45, 7) is 0.419. The smallest absolute Gasteiger partial charge is 0.270 e. The maximum atomic E-state index is 12.2. The number of methoxy groups -OCH3 is 1. The van der Waals surface area contributed by atoms with Gasteiger partial charge in [0.15, 0.2) is 0 Å². The standard InChI is InChI=1S/C19H17ClN4O2/c1-26-18-5-2-14(20)10-17(18)24-15-3-4-16(22-12-15)19(25)23-11-13-6-8-21-9-7-13/h2-10,12,24H,11H2,1H3,(H,23,25). The number of benzene rings is 1. The van der Waals surface area contributed by atoms with E-state index < -0.39 is 0 Å². The van der Waals surface area contributed by atoms with E-state index in [0.717, 1.165) is 16.9 Å². The largest absolute Gasteiger partial charge is 0.495 e. The van der Waals surface area contributed by atoms with Crippen LogP contribution in [0.15, 0.2) is 61.1 Å². The highest BCUT2D eigenvalue weighted by Gasteiger charge is 2.08. The van der Waals surface area contributed by atoms with Gasteiger partial charge in [0.05, 0.1) is 24.7 Å². The molecule has 0 aliphatic heterocycles. The SMILES string of the molecule is COc1ccc(Cl)cc1Nc1ccc(C(=O)NCc2ccncc2)nc1. The molecule has 3 aromatic rings. The molecule has 0 fully saturated rings. The molecular formula is C19H17ClN4O2. The third kappa shape index (κ3) is 4.49. The van der Waals surface area contributed by atoms with Gasteiger partial charge in [-0.05, 0) is 48.0 Å². The fraction of sp³-hybridized carbons (Fsp3) is 0.105. The molecule has 0 atom stereocenters. The first-order chi connectivity index (χ1) is 12.7. The van der Waals surface area contributed by atoms with Crippen LogP contribution < -0.4 is 15.4 Å². The van der Waals surface area contributed by atoms with Crippen LogP contribution in [-0.4, -0.2) is 23.0 Å². The van der Waals surface area contributed by atoms with Crippen LogP contribution in [0.5, 0.6) is 5.75 Å². The van der Waals surface area contributed by atoms with Gasteiger partial charge in [-0.25, -0.2) is 4.98 Å². The van der Waals surface area contributed by atoms with Crippen molar-refractivity contribution in [1.82, 2.24) is 15.3 Å². The van der Waals surface area contributed by atoms with Crippen molar-refractivity contribution in [3.05, 3.63) is 77.3 Å². The van der Waals surface area contributed by atoms with Crippen molar-refractivity contribution in [2.24, 2.45) is 0 Å². The van der Waals surface area contributed by atoms with E-state index in [1.54, 1.807) is 56.0 Å². The van der Waals surface area contributed by atoms with Gasteiger partial charge in [0.25, 0.3) is 5.91 Å². The van der Waals surface area contributed by atoms with Gasteiger partial charge >= 0.3 is 0 Å². The van der Waals surface area contributed by atoms with E-state index in [9.17, 15) is 4.79 Å². The predicted molar refractivity (Wildman–Crippen MR) is 101 cm³/mol. The number of aromatic nitrogens is 2. The number of rotatable bonds is 6. The molecule has 0 saturated carbocycles. The summed E-state index contributed by atoms with van der Waals surface area (Å²) < 4.78 is 5.30. The highest BCUT2D eigenvalue weighted by molar-refractivity contribution is 6.31. The number of halogens is 1. The lowest BCUT2D eigenvalue weighted by atomic mass is 10.2. The van der Waals surface area contributed by atoms with Gasteiger partial charge in [0.1, 0.15) is 11.4 Å². The normalized spacial score (nSPS) is 10.2. The van der Waals surface area contributed by atoms with Crippen molar-refractivity contribution < 1.29 is 9.53 Å². The first-order valence-electron chi connectivity index (χ1n) is 7.89. The van der Waals surface area contributed by atoms with Gasteiger partial charge in [-0.15, -0.1) is 0 Å². The molecule has 3 rings (SSSR count).